The fourth-order valence-electron chi connectivity index (χ4n) is 1.61. The van der Waals surface area contributed by atoms with Gasteiger partial charge >= 0.3 is 0 Å². The highest BCUT2D eigenvalue weighted by molar-refractivity contribution is 5.95. The standard InChI is InChI=1S/C15H13FN2O2/c1-10-3-2-4-12(14(10)19)9-17-18-15(20)11-5-7-13(16)8-6-11/h2-9,19H,1H3,(H,18,20). The number of benzene rings is 2. The molecule has 0 spiro atoms. The molecule has 0 bridgehead atoms. The molecule has 0 atom stereocenters. The summed E-state index contributed by atoms with van der Waals surface area (Å²) in [5.74, 6) is -0.740. The van der Waals surface area contributed by atoms with Crippen LogP contribution in [-0.2, 0) is 0 Å². The maximum absolute atomic E-state index is 12.7. The molecule has 0 fully saturated rings. The zero-order valence-electron chi connectivity index (χ0n) is 10.8. The van der Waals surface area contributed by atoms with Crippen molar-refractivity contribution in [2.75, 3.05) is 0 Å². The average molecular weight is 272 g/mol. The van der Waals surface area contributed by atoms with Crippen LogP contribution >= 0.6 is 0 Å². The Balaban J connectivity index is 2.04. The topological polar surface area (TPSA) is 61.7 Å². The number of hydrogen-bond donors (Lipinski definition) is 2. The van der Waals surface area contributed by atoms with Gasteiger partial charge in [0, 0.05) is 11.1 Å². The summed E-state index contributed by atoms with van der Waals surface area (Å²) in [6.07, 6.45) is 1.35. The molecule has 2 N–H and O–H groups in total. The second kappa shape index (κ2) is 5.97. The highest BCUT2D eigenvalue weighted by Gasteiger charge is 2.04. The largest absolute Gasteiger partial charge is 0.507 e. The Morgan fingerprint density at radius 1 is 1.25 bits per heavy atom. The van der Waals surface area contributed by atoms with Gasteiger partial charge in [-0.3, -0.25) is 4.79 Å². The van der Waals surface area contributed by atoms with Crippen LogP contribution in [0.25, 0.3) is 0 Å². The van der Waals surface area contributed by atoms with Crippen molar-refractivity contribution in [2.24, 2.45) is 5.10 Å². The Labute approximate surface area is 115 Å². The van der Waals surface area contributed by atoms with Crippen LogP contribution in [0.1, 0.15) is 21.5 Å². The molecule has 20 heavy (non-hydrogen) atoms. The molecule has 0 aliphatic carbocycles. The maximum Gasteiger partial charge on any atom is 0.271 e. The Morgan fingerprint density at radius 2 is 1.95 bits per heavy atom. The molecule has 0 saturated heterocycles. The van der Waals surface area contributed by atoms with Gasteiger partial charge in [-0.05, 0) is 42.8 Å². The van der Waals surface area contributed by atoms with Gasteiger partial charge < -0.3 is 5.11 Å². The predicted octanol–water partition coefficient (Wildman–Crippen LogP) is 2.60. The highest BCUT2D eigenvalue weighted by Crippen LogP contribution is 2.19. The summed E-state index contributed by atoms with van der Waals surface area (Å²) >= 11 is 0. The van der Waals surface area contributed by atoms with Crippen molar-refractivity contribution in [2.45, 2.75) is 6.92 Å². The van der Waals surface area contributed by atoms with Crippen LogP contribution < -0.4 is 5.43 Å². The van der Waals surface area contributed by atoms with Crippen LogP contribution in [0.2, 0.25) is 0 Å². The number of hydrogen-bond acceptors (Lipinski definition) is 3. The lowest BCUT2D eigenvalue weighted by Crippen LogP contribution is -2.17. The number of aryl methyl sites for hydroxylation is 1. The van der Waals surface area contributed by atoms with Gasteiger partial charge in [0.25, 0.3) is 5.91 Å². The first-order valence-electron chi connectivity index (χ1n) is 5.95. The number of aromatic hydroxyl groups is 1. The lowest BCUT2D eigenvalue weighted by atomic mass is 10.1. The van der Waals surface area contributed by atoms with Gasteiger partial charge in [0.15, 0.2) is 0 Å². The number of rotatable bonds is 3. The van der Waals surface area contributed by atoms with E-state index in [-0.39, 0.29) is 5.75 Å². The van der Waals surface area contributed by atoms with Crippen LogP contribution in [-0.4, -0.2) is 17.2 Å². The van der Waals surface area contributed by atoms with E-state index in [0.29, 0.717) is 11.1 Å². The monoisotopic (exact) mass is 272 g/mol. The van der Waals surface area contributed by atoms with Crippen LogP contribution in [0.15, 0.2) is 47.6 Å². The van der Waals surface area contributed by atoms with E-state index < -0.39 is 11.7 Å². The van der Waals surface area contributed by atoms with Crippen molar-refractivity contribution >= 4 is 12.1 Å². The highest BCUT2D eigenvalue weighted by atomic mass is 19.1. The molecule has 5 heteroatoms. The van der Waals surface area contributed by atoms with E-state index in [1.165, 1.54) is 30.5 Å². The lowest BCUT2D eigenvalue weighted by Gasteiger charge is -2.02. The van der Waals surface area contributed by atoms with Crippen molar-refractivity contribution < 1.29 is 14.3 Å². The second-order valence-electron chi connectivity index (χ2n) is 4.22. The van der Waals surface area contributed by atoms with Crippen LogP contribution in [0.5, 0.6) is 5.75 Å². The van der Waals surface area contributed by atoms with E-state index >= 15 is 0 Å². The third-order valence-corrected chi connectivity index (χ3v) is 2.75. The summed E-state index contributed by atoms with van der Waals surface area (Å²) in [6, 6.07) is 10.3. The van der Waals surface area contributed by atoms with E-state index in [1.807, 2.05) is 0 Å². The smallest absolute Gasteiger partial charge is 0.271 e. The first kappa shape index (κ1) is 13.7. The predicted molar refractivity (Wildman–Crippen MR) is 74.3 cm³/mol. The molecule has 2 aromatic rings. The summed E-state index contributed by atoms with van der Waals surface area (Å²) in [6.45, 7) is 1.77. The van der Waals surface area contributed by atoms with Crippen molar-refractivity contribution in [3.05, 3.63) is 65.0 Å². The SMILES string of the molecule is Cc1cccc(C=NNC(=O)c2ccc(F)cc2)c1O. The molecular formula is C15H13FN2O2. The molecule has 0 heterocycles. The third kappa shape index (κ3) is 3.20. The van der Waals surface area contributed by atoms with Crippen molar-refractivity contribution in [3.63, 3.8) is 0 Å². The molecule has 0 aromatic heterocycles. The Kier molecular flexibility index (Phi) is 4.10. The van der Waals surface area contributed by atoms with Gasteiger partial charge in [0.1, 0.15) is 11.6 Å². The Hall–Kier alpha value is -2.69. The third-order valence-electron chi connectivity index (χ3n) is 2.75. The minimum absolute atomic E-state index is 0.118. The summed E-state index contributed by atoms with van der Waals surface area (Å²) < 4.78 is 12.7. The van der Waals surface area contributed by atoms with E-state index in [0.717, 1.165) is 5.56 Å². The fraction of sp³-hybridized carbons (Fsp3) is 0.0667. The summed E-state index contributed by atoms with van der Waals surface area (Å²) in [5.41, 5.74) is 3.84. The van der Waals surface area contributed by atoms with Crippen molar-refractivity contribution in [3.8, 4) is 5.75 Å². The second-order valence-corrected chi connectivity index (χ2v) is 4.22. The number of phenolic OH excluding ortho intramolecular Hbond substituents is 1. The first-order chi connectivity index (χ1) is 9.58. The average Bonchev–Trinajstić information content (AvgIpc) is 2.44. The molecule has 0 radical (unpaired) electrons. The molecule has 4 nitrogen and oxygen atoms in total. The Morgan fingerprint density at radius 3 is 2.65 bits per heavy atom. The maximum atomic E-state index is 12.7. The number of nitrogens with zero attached hydrogens (tertiary/aromatic N) is 1. The van der Waals surface area contributed by atoms with Gasteiger partial charge in [-0.2, -0.15) is 5.10 Å². The molecule has 0 aliphatic rings. The van der Waals surface area contributed by atoms with Gasteiger partial charge in [-0.15, -0.1) is 0 Å². The molecule has 1 amide bonds. The van der Waals surface area contributed by atoms with Gasteiger partial charge in [-0.1, -0.05) is 12.1 Å². The molecule has 2 rings (SSSR count). The van der Waals surface area contributed by atoms with E-state index in [9.17, 15) is 14.3 Å². The molecule has 0 aliphatic heterocycles. The fourth-order valence-corrected chi connectivity index (χ4v) is 1.61. The summed E-state index contributed by atoms with van der Waals surface area (Å²) in [7, 11) is 0. The quantitative estimate of drug-likeness (QED) is 0.666. The van der Waals surface area contributed by atoms with Crippen LogP contribution in [0, 0.1) is 12.7 Å². The lowest BCUT2D eigenvalue weighted by molar-refractivity contribution is 0.0955. The number of carbonyl (C=O) groups is 1. The minimum atomic E-state index is -0.451. The van der Waals surface area contributed by atoms with E-state index in [2.05, 4.69) is 10.5 Å². The van der Waals surface area contributed by atoms with Crippen molar-refractivity contribution in [1.29, 1.82) is 0 Å². The van der Waals surface area contributed by atoms with E-state index in [4.69, 9.17) is 0 Å². The zero-order valence-corrected chi connectivity index (χ0v) is 10.8. The molecule has 0 unspecified atom stereocenters. The number of carbonyl (C=O) groups excluding carboxylic acids is 1. The minimum Gasteiger partial charge on any atom is -0.507 e. The zero-order chi connectivity index (χ0) is 14.5. The van der Waals surface area contributed by atoms with Gasteiger partial charge in [-0.25, -0.2) is 9.82 Å². The number of phenols is 1. The molecule has 0 saturated carbocycles. The van der Waals surface area contributed by atoms with Crippen LogP contribution in [0.3, 0.4) is 0 Å². The summed E-state index contributed by atoms with van der Waals surface area (Å²) in [4.78, 5) is 11.7. The number of halogens is 1. The number of amides is 1. The Bertz CT molecular complexity index is 651. The molecule has 102 valence electrons. The van der Waals surface area contributed by atoms with E-state index in [1.54, 1.807) is 25.1 Å². The number of para-hydroxylation sites is 1. The van der Waals surface area contributed by atoms with Gasteiger partial charge in [0.2, 0.25) is 0 Å². The first-order valence-corrected chi connectivity index (χ1v) is 5.95. The summed E-state index contributed by atoms with van der Waals surface area (Å²) in [5, 5.41) is 13.5. The number of hydrazone groups is 1. The van der Waals surface area contributed by atoms with Gasteiger partial charge in [0.05, 0.1) is 6.21 Å². The number of nitrogens with one attached hydrogen (secondary N) is 1. The molecule has 2 aromatic carbocycles. The normalized spacial score (nSPS) is 10.7. The van der Waals surface area contributed by atoms with Crippen LogP contribution in [0.4, 0.5) is 4.39 Å². The van der Waals surface area contributed by atoms with Crippen molar-refractivity contribution in [1.82, 2.24) is 5.43 Å². The molecular weight excluding hydrogens is 259 g/mol.